The smallest absolute Gasteiger partial charge is 0.420 e. The summed E-state index contributed by atoms with van der Waals surface area (Å²) in [6.45, 7) is 2.06. The molecule has 0 aliphatic rings. The number of H-pyrrole nitrogens is 1. The number of hydrogen-bond acceptors (Lipinski definition) is 2. The predicted octanol–water partition coefficient (Wildman–Crippen LogP) is 7.31. The molecule has 0 spiro atoms. The van der Waals surface area contributed by atoms with Crippen LogP contribution >= 0.6 is 0 Å². The number of fused-ring (bicyclic) bond motifs is 1. The summed E-state index contributed by atoms with van der Waals surface area (Å²) >= 11 is 0. The lowest BCUT2D eigenvalue weighted by atomic mass is 10.1. The SMILES string of the molecule is CCCCCc1c[nH]c2ccc(Oc3c(C(F)(F)F)cc(N)cc3C(F)(F)F)cc12. The predicted molar refractivity (Wildman–Crippen MR) is 102 cm³/mol. The van der Waals surface area contributed by atoms with Crippen molar-refractivity contribution in [2.24, 2.45) is 0 Å². The Bertz CT molecular complexity index is 1000. The molecule has 0 amide bonds. The van der Waals surface area contributed by atoms with Crippen LogP contribution in [0.1, 0.15) is 42.9 Å². The Kier molecular flexibility index (Phi) is 5.92. The van der Waals surface area contributed by atoms with Crippen LogP contribution in [0.15, 0.2) is 36.5 Å². The van der Waals surface area contributed by atoms with Crippen molar-refractivity contribution in [1.29, 1.82) is 0 Å². The standard InChI is InChI=1S/C21H20F6N2O/c1-2-3-4-5-12-11-29-18-7-6-14(10-15(12)18)30-19-16(20(22,23)24)8-13(28)9-17(19)21(25,26)27/h6-11,29H,2-5,28H2,1H3. The summed E-state index contributed by atoms with van der Waals surface area (Å²) in [7, 11) is 0. The van der Waals surface area contributed by atoms with Crippen LogP contribution in [0.4, 0.5) is 32.0 Å². The van der Waals surface area contributed by atoms with Crippen LogP contribution in [0.5, 0.6) is 11.5 Å². The third-order valence-electron chi connectivity index (χ3n) is 4.73. The minimum Gasteiger partial charge on any atom is -0.456 e. The molecule has 0 saturated heterocycles. The summed E-state index contributed by atoms with van der Waals surface area (Å²) < 4.78 is 85.8. The Hall–Kier alpha value is -2.84. The van der Waals surface area contributed by atoms with Gasteiger partial charge >= 0.3 is 12.4 Å². The van der Waals surface area contributed by atoms with Crippen molar-refractivity contribution in [2.75, 3.05) is 5.73 Å². The third-order valence-corrected chi connectivity index (χ3v) is 4.73. The van der Waals surface area contributed by atoms with Gasteiger partial charge in [0.1, 0.15) is 16.9 Å². The first-order valence-corrected chi connectivity index (χ1v) is 9.36. The van der Waals surface area contributed by atoms with Crippen LogP contribution in [0.2, 0.25) is 0 Å². The minimum absolute atomic E-state index is 0.125. The number of nitrogens with one attached hydrogen (secondary N) is 1. The maximum atomic E-state index is 13.4. The molecule has 2 aromatic carbocycles. The molecule has 162 valence electrons. The summed E-state index contributed by atoms with van der Waals surface area (Å²) in [5.41, 5.74) is 3.13. The molecule has 0 fully saturated rings. The lowest BCUT2D eigenvalue weighted by Crippen LogP contribution is -2.15. The highest BCUT2D eigenvalue weighted by atomic mass is 19.4. The Morgan fingerprint density at radius 2 is 1.57 bits per heavy atom. The van der Waals surface area contributed by atoms with Crippen LogP contribution in [0, 0.1) is 0 Å². The van der Waals surface area contributed by atoms with Crippen molar-refractivity contribution in [3.8, 4) is 11.5 Å². The van der Waals surface area contributed by atoms with Crippen LogP contribution in [0.25, 0.3) is 10.9 Å². The average molecular weight is 430 g/mol. The van der Waals surface area contributed by atoms with Crippen LogP contribution in [0.3, 0.4) is 0 Å². The van der Waals surface area contributed by atoms with Gasteiger partial charge in [-0.15, -0.1) is 0 Å². The number of halogens is 6. The first-order chi connectivity index (χ1) is 14.0. The van der Waals surface area contributed by atoms with E-state index < -0.39 is 34.9 Å². The number of nitrogen functional groups attached to an aromatic ring is 1. The fraction of sp³-hybridized carbons (Fsp3) is 0.333. The van der Waals surface area contributed by atoms with E-state index >= 15 is 0 Å². The molecule has 3 aromatic rings. The van der Waals surface area contributed by atoms with E-state index in [1.165, 1.54) is 12.1 Å². The van der Waals surface area contributed by atoms with Gasteiger partial charge in [0, 0.05) is 22.8 Å². The number of nitrogens with two attached hydrogens (primary N) is 1. The lowest BCUT2D eigenvalue weighted by Gasteiger charge is -2.20. The number of hydrogen-bond donors (Lipinski definition) is 2. The second-order valence-corrected chi connectivity index (χ2v) is 7.02. The van der Waals surface area contributed by atoms with E-state index in [1.54, 1.807) is 12.3 Å². The van der Waals surface area contributed by atoms with E-state index in [4.69, 9.17) is 10.5 Å². The largest absolute Gasteiger partial charge is 0.456 e. The quantitative estimate of drug-likeness (QED) is 0.245. The number of aromatic nitrogens is 1. The number of rotatable bonds is 6. The van der Waals surface area contributed by atoms with E-state index in [1.807, 2.05) is 0 Å². The highest BCUT2D eigenvalue weighted by molar-refractivity contribution is 5.84. The molecule has 1 heterocycles. The summed E-state index contributed by atoms with van der Waals surface area (Å²) in [5, 5.41) is 0.696. The average Bonchev–Trinajstić information content (AvgIpc) is 3.04. The van der Waals surface area contributed by atoms with Gasteiger partial charge in [0.2, 0.25) is 0 Å². The molecular formula is C21H20F6N2O. The van der Waals surface area contributed by atoms with Crippen LogP contribution in [-0.2, 0) is 18.8 Å². The van der Waals surface area contributed by atoms with E-state index in [9.17, 15) is 26.3 Å². The van der Waals surface area contributed by atoms with Gasteiger partial charge in [-0.2, -0.15) is 26.3 Å². The number of ether oxygens (including phenoxy) is 1. The first kappa shape index (κ1) is 21.9. The Morgan fingerprint density at radius 3 is 2.13 bits per heavy atom. The molecule has 0 radical (unpaired) electrons. The van der Waals surface area contributed by atoms with E-state index in [0.717, 1.165) is 36.8 Å². The molecular weight excluding hydrogens is 410 g/mol. The molecule has 0 bridgehead atoms. The number of alkyl halides is 6. The van der Waals surface area contributed by atoms with Crippen LogP contribution in [-0.4, -0.2) is 4.98 Å². The molecule has 1 aromatic heterocycles. The van der Waals surface area contributed by atoms with E-state index in [0.29, 0.717) is 17.5 Å². The van der Waals surface area contributed by atoms with Gasteiger partial charge in [0.05, 0.1) is 0 Å². The summed E-state index contributed by atoms with van der Waals surface area (Å²) in [4.78, 5) is 3.05. The van der Waals surface area contributed by atoms with E-state index in [-0.39, 0.29) is 5.75 Å². The van der Waals surface area contributed by atoms with E-state index in [2.05, 4.69) is 11.9 Å². The van der Waals surface area contributed by atoms with Crippen molar-refractivity contribution in [3.05, 3.63) is 53.2 Å². The number of anilines is 1. The highest BCUT2D eigenvalue weighted by Crippen LogP contribution is 2.47. The van der Waals surface area contributed by atoms with Gasteiger partial charge in [-0.3, -0.25) is 0 Å². The Balaban J connectivity index is 2.07. The molecule has 0 unspecified atom stereocenters. The summed E-state index contributed by atoms with van der Waals surface area (Å²) in [6.07, 6.45) is -4.67. The monoisotopic (exact) mass is 430 g/mol. The molecule has 3 nitrogen and oxygen atoms in total. The Morgan fingerprint density at radius 1 is 0.933 bits per heavy atom. The van der Waals surface area contributed by atoms with Gasteiger partial charge in [0.25, 0.3) is 0 Å². The second kappa shape index (κ2) is 8.12. The zero-order valence-corrected chi connectivity index (χ0v) is 16.0. The molecule has 0 aliphatic heterocycles. The van der Waals surface area contributed by atoms with Crippen LogP contribution < -0.4 is 10.5 Å². The second-order valence-electron chi connectivity index (χ2n) is 7.02. The topological polar surface area (TPSA) is 51.0 Å². The summed E-state index contributed by atoms with van der Waals surface area (Å²) in [6, 6.07) is 5.21. The van der Waals surface area contributed by atoms with Gasteiger partial charge in [-0.1, -0.05) is 19.8 Å². The number of benzene rings is 2. The third kappa shape index (κ3) is 4.66. The zero-order chi connectivity index (χ0) is 22.1. The molecule has 0 aliphatic carbocycles. The maximum Gasteiger partial charge on any atom is 0.420 e. The molecule has 30 heavy (non-hydrogen) atoms. The van der Waals surface area contributed by atoms with Crippen molar-refractivity contribution in [2.45, 2.75) is 45.0 Å². The fourth-order valence-electron chi connectivity index (χ4n) is 3.29. The lowest BCUT2D eigenvalue weighted by molar-refractivity contribution is -0.144. The number of aromatic amines is 1. The Labute approximate surface area is 168 Å². The molecule has 9 heteroatoms. The highest BCUT2D eigenvalue weighted by Gasteiger charge is 2.42. The van der Waals surface area contributed by atoms with Crippen molar-refractivity contribution in [1.82, 2.24) is 4.98 Å². The zero-order valence-electron chi connectivity index (χ0n) is 16.0. The normalized spacial score (nSPS) is 12.5. The number of aryl methyl sites for hydroxylation is 1. The van der Waals surface area contributed by atoms with Gasteiger partial charge in [0.15, 0.2) is 5.75 Å². The van der Waals surface area contributed by atoms with Crippen molar-refractivity contribution < 1.29 is 31.1 Å². The number of unbranched alkanes of at least 4 members (excludes halogenated alkanes) is 2. The van der Waals surface area contributed by atoms with Gasteiger partial charge in [-0.05, 0) is 48.7 Å². The fourth-order valence-corrected chi connectivity index (χ4v) is 3.29. The maximum absolute atomic E-state index is 13.4. The van der Waals surface area contributed by atoms with Crippen molar-refractivity contribution >= 4 is 16.6 Å². The minimum atomic E-state index is -5.08. The van der Waals surface area contributed by atoms with Gasteiger partial charge in [-0.25, -0.2) is 0 Å². The molecule has 3 rings (SSSR count). The van der Waals surface area contributed by atoms with Crippen molar-refractivity contribution in [3.63, 3.8) is 0 Å². The summed E-state index contributed by atoms with van der Waals surface area (Å²) in [5.74, 6) is -1.44. The van der Waals surface area contributed by atoms with Gasteiger partial charge < -0.3 is 15.5 Å². The first-order valence-electron chi connectivity index (χ1n) is 9.36. The molecule has 3 N–H and O–H groups in total. The molecule has 0 saturated carbocycles. The molecule has 0 atom stereocenters.